The van der Waals surface area contributed by atoms with Gasteiger partial charge in [0, 0.05) is 17.3 Å². The summed E-state index contributed by atoms with van der Waals surface area (Å²) < 4.78 is 11.0. The molecule has 26 heavy (non-hydrogen) atoms. The fourth-order valence-electron chi connectivity index (χ4n) is 2.10. The molecule has 2 aromatic rings. The first-order chi connectivity index (χ1) is 12.5. The molecule has 0 spiro atoms. The summed E-state index contributed by atoms with van der Waals surface area (Å²) in [6.07, 6.45) is 0. The van der Waals surface area contributed by atoms with Crippen molar-refractivity contribution in [2.75, 3.05) is 18.5 Å². The van der Waals surface area contributed by atoms with Gasteiger partial charge in [-0.25, -0.2) is 0 Å². The fraction of sp³-hybridized carbons (Fsp3) is 0.200. The maximum Gasteiger partial charge on any atom is 0.257 e. The van der Waals surface area contributed by atoms with Gasteiger partial charge in [-0.3, -0.25) is 10.1 Å². The van der Waals surface area contributed by atoms with Crippen molar-refractivity contribution in [3.63, 3.8) is 0 Å². The standard InChI is InChI=1S/C20H22N2O3S/c1-4-24-17-9-5-7-15(11-17)19(23)22-20(26)21-16-8-6-10-18(12-16)25-13-14(2)3/h5-12H,2,4,13H2,1,3H3,(H2,21,22,23,26). The summed E-state index contributed by atoms with van der Waals surface area (Å²) in [6, 6.07) is 14.3. The van der Waals surface area contributed by atoms with Gasteiger partial charge in [-0.05, 0) is 62.0 Å². The normalized spacial score (nSPS) is 9.92. The molecular formula is C20H22N2O3S. The number of rotatable bonds is 7. The smallest absolute Gasteiger partial charge is 0.257 e. The monoisotopic (exact) mass is 370 g/mol. The molecule has 0 aliphatic rings. The van der Waals surface area contributed by atoms with E-state index in [1.54, 1.807) is 30.3 Å². The van der Waals surface area contributed by atoms with Gasteiger partial charge < -0.3 is 14.8 Å². The van der Waals surface area contributed by atoms with Gasteiger partial charge in [0.15, 0.2) is 5.11 Å². The topological polar surface area (TPSA) is 59.6 Å². The Morgan fingerprint density at radius 1 is 1.12 bits per heavy atom. The van der Waals surface area contributed by atoms with E-state index in [4.69, 9.17) is 21.7 Å². The maximum atomic E-state index is 12.3. The van der Waals surface area contributed by atoms with Gasteiger partial charge >= 0.3 is 0 Å². The lowest BCUT2D eigenvalue weighted by molar-refractivity contribution is 0.0977. The van der Waals surface area contributed by atoms with Gasteiger partial charge in [0.1, 0.15) is 18.1 Å². The van der Waals surface area contributed by atoms with Crippen LogP contribution in [0.4, 0.5) is 5.69 Å². The highest BCUT2D eigenvalue weighted by Crippen LogP contribution is 2.18. The lowest BCUT2D eigenvalue weighted by Crippen LogP contribution is -2.34. The molecule has 0 fully saturated rings. The van der Waals surface area contributed by atoms with Gasteiger partial charge in [0.2, 0.25) is 0 Å². The second-order valence-electron chi connectivity index (χ2n) is 5.64. The van der Waals surface area contributed by atoms with Crippen molar-refractivity contribution in [3.8, 4) is 11.5 Å². The van der Waals surface area contributed by atoms with Crippen LogP contribution >= 0.6 is 12.2 Å². The first kappa shape index (κ1) is 19.5. The van der Waals surface area contributed by atoms with E-state index in [0.29, 0.717) is 30.3 Å². The van der Waals surface area contributed by atoms with Crippen LogP contribution in [0.25, 0.3) is 0 Å². The number of benzene rings is 2. The first-order valence-electron chi connectivity index (χ1n) is 8.20. The molecule has 1 amide bonds. The number of hydrogen-bond donors (Lipinski definition) is 2. The largest absolute Gasteiger partial charge is 0.494 e. The SMILES string of the molecule is C=C(C)COc1cccc(NC(=S)NC(=O)c2cccc(OCC)c2)c1. The molecule has 0 saturated carbocycles. The molecule has 0 unspecified atom stereocenters. The Morgan fingerprint density at radius 2 is 1.81 bits per heavy atom. The summed E-state index contributed by atoms with van der Waals surface area (Å²) in [5.74, 6) is 1.02. The van der Waals surface area contributed by atoms with E-state index >= 15 is 0 Å². The van der Waals surface area contributed by atoms with Crippen LogP contribution in [0, 0.1) is 0 Å². The number of nitrogens with one attached hydrogen (secondary N) is 2. The molecule has 5 nitrogen and oxygen atoms in total. The number of amides is 1. The lowest BCUT2D eigenvalue weighted by atomic mass is 10.2. The predicted molar refractivity (Wildman–Crippen MR) is 108 cm³/mol. The molecule has 2 rings (SSSR count). The van der Waals surface area contributed by atoms with Crippen molar-refractivity contribution in [2.24, 2.45) is 0 Å². The Hall–Kier alpha value is -2.86. The summed E-state index contributed by atoms with van der Waals surface area (Å²) in [7, 11) is 0. The zero-order valence-corrected chi connectivity index (χ0v) is 15.7. The van der Waals surface area contributed by atoms with Gasteiger partial charge in [0.05, 0.1) is 6.61 Å². The van der Waals surface area contributed by atoms with Crippen LogP contribution in [0.15, 0.2) is 60.7 Å². The number of carbonyl (C=O) groups is 1. The van der Waals surface area contributed by atoms with Crippen molar-refractivity contribution >= 4 is 28.9 Å². The molecular weight excluding hydrogens is 348 g/mol. The maximum absolute atomic E-state index is 12.3. The minimum Gasteiger partial charge on any atom is -0.494 e. The third-order valence-corrected chi connectivity index (χ3v) is 3.42. The third kappa shape index (κ3) is 6.22. The van der Waals surface area contributed by atoms with Crippen LogP contribution in [-0.4, -0.2) is 24.2 Å². The van der Waals surface area contributed by atoms with Crippen LogP contribution in [0.1, 0.15) is 24.2 Å². The molecule has 0 heterocycles. The average Bonchev–Trinajstić information content (AvgIpc) is 2.60. The highest BCUT2D eigenvalue weighted by molar-refractivity contribution is 7.80. The molecule has 0 bridgehead atoms. The summed E-state index contributed by atoms with van der Waals surface area (Å²) in [4.78, 5) is 12.3. The van der Waals surface area contributed by atoms with E-state index in [-0.39, 0.29) is 11.0 Å². The summed E-state index contributed by atoms with van der Waals surface area (Å²) in [6.45, 7) is 8.57. The van der Waals surface area contributed by atoms with Crippen molar-refractivity contribution in [1.82, 2.24) is 5.32 Å². The van der Waals surface area contributed by atoms with Crippen molar-refractivity contribution in [3.05, 3.63) is 66.2 Å². The van der Waals surface area contributed by atoms with E-state index in [9.17, 15) is 4.79 Å². The number of hydrogen-bond acceptors (Lipinski definition) is 4. The van der Waals surface area contributed by atoms with Crippen LogP contribution in [0.2, 0.25) is 0 Å². The Labute approximate surface area is 159 Å². The molecule has 0 radical (unpaired) electrons. The summed E-state index contributed by atoms with van der Waals surface area (Å²) in [5, 5.41) is 5.83. The highest BCUT2D eigenvalue weighted by Gasteiger charge is 2.09. The summed E-state index contributed by atoms with van der Waals surface area (Å²) >= 11 is 5.22. The van der Waals surface area contributed by atoms with E-state index < -0.39 is 0 Å². The quantitative estimate of drug-likeness (QED) is 0.566. The second-order valence-corrected chi connectivity index (χ2v) is 6.05. The minimum atomic E-state index is -0.307. The zero-order chi connectivity index (χ0) is 18.9. The molecule has 0 aliphatic heterocycles. The molecule has 0 atom stereocenters. The van der Waals surface area contributed by atoms with Crippen molar-refractivity contribution < 1.29 is 14.3 Å². The number of ether oxygens (including phenoxy) is 2. The van der Waals surface area contributed by atoms with E-state index in [1.165, 1.54) is 0 Å². The zero-order valence-electron chi connectivity index (χ0n) is 14.9. The molecule has 2 N–H and O–H groups in total. The van der Waals surface area contributed by atoms with Gasteiger partial charge in [-0.2, -0.15) is 0 Å². The Balaban J connectivity index is 1.95. The van der Waals surface area contributed by atoms with Crippen molar-refractivity contribution in [1.29, 1.82) is 0 Å². The number of carbonyl (C=O) groups excluding carboxylic acids is 1. The van der Waals surface area contributed by atoms with Crippen LogP contribution in [-0.2, 0) is 0 Å². The molecule has 136 valence electrons. The van der Waals surface area contributed by atoms with Gasteiger partial charge in [-0.1, -0.05) is 18.7 Å². The van der Waals surface area contributed by atoms with Crippen LogP contribution in [0.3, 0.4) is 0 Å². The van der Waals surface area contributed by atoms with Gasteiger partial charge in [0.25, 0.3) is 5.91 Å². The Morgan fingerprint density at radius 3 is 2.50 bits per heavy atom. The van der Waals surface area contributed by atoms with Crippen LogP contribution < -0.4 is 20.1 Å². The summed E-state index contributed by atoms with van der Waals surface area (Å²) in [5.41, 5.74) is 2.12. The molecule has 2 aromatic carbocycles. The molecule has 0 saturated heterocycles. The fourth-order valence-corrected chi connectivity index (χ4v) is 2.31. The molecule has 6 heteroatoms. The van der Waals surface area contributed by atoms with Crippen molar-refractivity contribution in [2.45, 2.75) is 13.8 Å². The minimum absolute atomic E-state index is 0.203. The lowest BCUT2D eigenvalue weighted by Gasteiger charge is -2.12. The van der Waals surface area contributed by atoms with Gasteiger partial charge in [-0.15, -0.1) is 0 Å². The average molecular weight is 370 g/mol. The molecule has 0 aromatic heterocycles. The number of thiocarbonyl (C=S) groups is 1. The van der Waals surface area contributed by atoms with E-state index in [0.717, 1.165) is 11.3 Å². The second kappa shape index (κ2) is 9.58. The first-order valence-corrected chi connectivity index (χ1v) is 8.61. The van der Waals surface area contributed by atoms with E-state index in [2.05, 4.69) is 17.2 Å². The highest BCUT2D eigenvalue weighted by atomic mass is 32.1. The molecule has 0 aliphatic carbocycles. The number of anilines is 1. The van der Waals surface area contributed by atoms with Crippen LogP contribution in [0.5, 0.6) is 11.5 Å². The van der Waals surface area contributed by atoms with E-state index in [1.807, 2.05) is 32.0 Å². The Bertz CT molecular complexity index is 805. The Kier molecular flexibility index (Phi) is 7.17. The predicted octanol–water partition coefficient (Wildman–Crippen LogP) is 4.17. The third-order valence-electron chi connectivity index (χ3n) is 3.21.